The lowest BCUT2D eigenvalue weighted by atomic mass is 10.2. The number of benzene rings is 1. The molecule has 0 aliphatic rings. The average Bonchev–Trinajstić information content (AvgIpc) is 2.79. The molecule has 2 rings (SSSR count). The van der Waals surface area contributed by atoms with Gasteiger partial charge in [-0.1, -0.05) is 29.8 Å². The zero-order valence-corrected chi connectivity index (χ0v) is 9.13. The van der Waals surface area contributed by atoms with E-state index in [4.69, 9.17) is 16.0 Å². The van der Waals surface area contributed by atoms with Gasteiger partial charge in [-0.15, -0.1) is 0 Å². The van der Waals surface area contributed by atoms with E-state index < -0.39 is 0 Å². The Balaban J connectivity index is 2.03. The first-order valence-electron chi connectivity index (χ1n) is 4.71. The molecule has 0 atom stereocenters. The Morgan fingerprint density at radius 2 is 1.81 bits per heavy atom. The van der Waals surface area contributed by atoms with Crippen LogP contribution in [0.5, 0.6) is 0 Å². The molecule has 0 bridgehead atoms. The lowest BCUT2D eigenvalue weighted by Gasteiger charge is -1.93. The van der Waals surface area contributed by atoms with Crippen LogP contribution in [0.25, 0.3) is 0 Å². The first-order chi connectivity index (χ1) is 7.86. The molecule has 1 aromatic carbocycles. The van der Waals surface area contributed by atoms with E-state index in [9.17, 15) is 0 Å². The van der Waals surface area contributed by atoms with Crippen LogP contribution in [0.1, 0.15) is 11.3 Å². The quantitative estimate of drug-likeness (QED) is 0.591. The predicted molar refractivity (Wildman–Crippen MR) is 65.3 cm³/mol. The standard InChI is InChI=1S/C12H9ClN2O/c13-12-6-2-1-4-10(12)8-14-15-9-11-5-3-7-16-11/h1-9H/b14-8+,15-9+. The van der Waals surface area contributed by atoms with Crippen molar-refractivity contribution in [2.75, 3.05) is 0 Å². The van der Waals surface area contributed by atoms with Gasteiger partial charge in [0.1, 0.15) is 5.76 Å². The van der Waals surface area contributed by atoms with Gasteiger partial charge in [0, 0.05) is 10.6 Å². The maximum absolute atomic E-state index is 5.94. The minimum Gasteiger partial charge on any atom is -0.463 e. The van der Waals surface area contributed by atoms with Crippen LogP contribution in [0.3, 0.4) is 0 Å². The third-order valence-corrected chi connectivity index (χ3v) is 2.24. The summed E-state index contributed by atoms with van der Waals surface area (Å²) in [7, 11) is 0. The Morgan fingerprint density at radius 3 is 2.56 bits per heavy atom. The normalized spacial score (nSPS) is 11.6. The van der Waals surface area contributed by atoms with Gasteiger partial charge in [-0.2, -0.15) is 10.2 Å². The Hall–Kier alpha value is -1.87. The zero-order chi connectivity index (χ0) is 11.2. The number of nitrogens with zero attached hydrogens (tertiary/aromatic N) is 2. The molecular formula is C12H9ClN2O. The van der Waals surface area contributed by atoms with Crippen LogP contribution in [0, 0.1) is 0 Å². The number of rotatable bonds is 3. The Bertz CT molecular complexity index is 503. The molecule has 0 saturated heterocycles. The van der Waals surface area contributed by atoms with Gasteiger partial charge in [-0.25, -0.2) is 0 Å². The fourth-order valence-electron chi connectivity index (χ4n) is 1.13. The van der Waals surface area contributed by atoms with Crippen LogP contribution in [-0.2, 0) is 0 Å². The van der Waals surface area contributed by atoms with Crippen molar-refractivity contribution in [2.24, 2.45) is 10.2 Å². The zero-order valence-electron chi connectivity index (χ0n) is 8.38. The average molecular weight is 233 g/mol. The lowest BCUT2D eigenvalue weighted by molar-refractivity contribution is 0.560. The van der Waals surface area contributed by atoms with E-state index in [1.165, 1.54) is 6.21 Å². The summed E-state index contributed by atoms with van der Waals surface area (Å²) in [6, 6.07) is 11.0. The summed E-state index contributed by atoms with van der Waals surface area (Å²) in [6.07, 6.45) is 4.72. The van der Waals surface area contributed by atoms with Crippen LogP contribution in [-0.4, -0.2) is 12.4 Å². The van der Waals surface area contributed by atoms with Gasteiger partial charge >= 0.3 is 0 Å². The summed E-state index contributed by atoms with van der Waals surface area (Å²) >= 11 is 5.94. The Labute approximate surface area is 98.1 Å². The summed E-state index contributed by atoms with van der Waals surface area (Å²) < 4.78 is 5.06. The maximum Gasteiger partial charge on any atom is 0.146 e. The smallest absolute Gasteiger partial charge is 0.146 e. The van der Waals surface area contributed by atoms with Crippen molar-refractivity contribution in [3.63, 3.8) is 0 Å². The summed E-state index contributed by atoms with van der Waals surface area (Å²) in [5, 5.41) is 8.37. The van der Waals surface area contributed by atoms with Crippen molar-refractivity contribution in [3.8, 4) is 0 Å². The molecule has 0 fully saturated rings. The molecule has 80 valence electrons. The molecule has 0 aliphatic carbocycles. The maximum atomic E-state index is 5.94. The molecule has 1 aromatic heterocycles. The van der Waals surface area contributed by atoms with E-state index in [1.807, 2.05) is 18.2 Å². The molecule has 0 N–H and O–H groups in total. The first kappa shape index (κ1) is 10.6. The van der Waals surface area contributed by atoms with Gasteiger partial charge in [0.25, 0.3) is 0 Å². The largest absolute Gasteiger partial charge is 0.463 e. The Morgan fingerprint density at radius 1 is 1.00 bits per heavy atom. The third-order valence-electron chi connectivity index (χ3n) is 1.90. The SMILES string of the molecule is Clc1ccccc1/C=N/N=C/c1ccco1. The van der Waals surface area contributed by atoms with Crippen molar-refractivity contribution < 1.29 is 4.42 Å². The molecule has 0 unspecified atom stereocenters. The third kappa shape index (κ3) is 2.81. The highest BCUT2D eigenvalue weighted by Crippen LogP contribution is 2.12. The van der Waals surface area contributed by atoms with Crippen molar-refractivity contribution in [1.29, 1.82) is 0 Å². The van der Waals surface area contributed by atoms with Crippen LogP contribution in [0.15, 0.2) is 57.3 Å². The number of furan rings is 1. The highest BCUT2D eigenvalue weighted by Gasteiger charge is 1.93. The van der Waals surface area contributed by atoms with E-state index in [0.29, 0.717) is 10.8 Å². The van der Waals surface area contributed by atoms with Gasteiger partial charge in [0.15, 0.2) is 0 Å². The van der Waals surface area contributed by atoms with E-state index >= 15 is 0 Å². The van der Waals surface area contributed by atoms with Gasteiger partial charge in [0.2, 0.25) is 0 Å². The van der Waals surface area contributed by atoms with Gasteiger partial charge in [0.05, 0.1) is 18.7 Å². The number of hydrogen-bond donors (Lipinski definition) is 0. The van der Waals surface area contributed by atoms with Gasteiger partial charge in [-0.05, 0) is 18.2 Å². The monoisotopic (exact) mass is 232 g/mol. The molecule has 4 heteroatoms. The van der Waals surface area contributed by atoms with Crippen LogP contribution >= 0.6 is 11.6 Å². The van der Waals surface area contributed by atoms with Crippen molar-refractivity contribution >= 4 is 24.0 Å². The minimum absolute atomic E-state index is 0.652. The number of halogens is 1. The molecule has 2 aromatic rings. The molecule has 3 nitrogen and oxygen atoms in total. The number of hydrogen-bond acceptors (Lipinski definition) is 3. The molecule has 0 radical (unpaired) electrons. The molecule has 0 aliphatic heterocycles. The van der Waals surface area contributed by atoms with Crippen molar-refractivity contribution in [3.05, 3.63) is 59.0 Å². The fraction of sp³-hybridized carbons (Fsp3) is 0. The predicted octanol–water partition coefficient (Wildman–Crippen LogP) is 3.39. The second-order valence-corrected chi connectivity index (χ2v) is 3.43. The highest BCUT2D eigenvalue weighted by molar-refractivity contribution is 6.33. The summed E-state index contributed by atoms with van der Waals surface area (Å²) in [5.74, 6) is 0.663. The summed E-state index contributed by atoms with van der Waals surface area (Å²) in [4.78, 5) is 0. The highest BCUT2D eigenvalue weighted by atomic mass is 35.5. The minimum atomic E-state index is 0.652. The first-order valence-corrected chi connectivity index (χ1v) is 5.08. The van der Waals surface area contributed by atoms with E-state index in [-0.39, 0.29) is 0 Å². The molecule has 0 saturated carbocycles. The Kier molecular flexibility index (Phi) is 3.51. The molecule has 0 spiro atoms. The van der Waals surface area contributed by atoms with E-state index in [1.54, 1.807) is 30.7 Å². The summed E-state index contributed by atoms with van der Waals surface area (Å²) in [6.45, 7) is 0. The van der Waals surface area contributed by atoms with Crippen molar-refractivity contribution in [2.45, 2.75) is 0 Å². The van der Waals surface area contributed by atoms with Crippen LogP contribution in [0.4, 0.5) is 0 Å². The molecular weight excluding hydrogens is 224 g/mol. The van der Waals surface area contributed by atoms with E-state index in [0.717, 1.165) is 5.56 Å². The second kappa shape index (κ2) is 5.28. The molecule has 0 amide bonds. The lowest BCUT2D eigenvalue weighted by Crippen LogP contribution is -1.81. The van der Waals surface area contributed by atoms with Crippen LogP contribution in [0.2, 0.25) is 5.02 Å². The second-order valence-electron chi connectivity index (χ2n) is 3.03. The summed E-state index contributed by atoms with van der Waals surface area (Å²) in [5.41, 5.74) is 0.834. The molecule has 1 heterocycles. The van der Waals surface area contributed by atoms with Crippen LogP contribution < -0.4 is 0 Å². The van der Waals surface area contributed by atoms with Gasteiger partial charge in [-0.3, -0.25) is 0 Å². The van der Waals surface area contributed by atoms with E-state index in [2.05, 4.69) is 10.2 Å². The molecule has 16 heavy (non-hydrogen) atoms. The fourth-order valence-corrected chi connectivity index (χ4v) is 1.31. The topological polar surface area (TPSA) is 37.9 Å². The van der Waals surface area contributed by atoms with Crippen molar-refractivity contribution in [1.82, 2.24) is 0 Å². The van der Waals surface area contributed by atoms with Gasteiger partial charge < -0.3 is 4.42 Å².